The van der Waals surface area contributed by atoms with E-state index in [1.54, 1.807) is 6.20 Å². The molecule has 0 aliphatic rings. The zero-order chi connectivity index (χ0) is 16.2. The summed E-state index contributed by atoms with van der Waals surface area (Å²) >= 11 is 3.50. The molecule has 3 nitrogen and oxygen atoms in total. The number of fused-ring (bicyclic) bond motifs is 1. The molecule has 0 saturated carbocycles. The Morgan fingerprint density at radius 2 is 1.65 bits per heavy atom. The zero-order valence-electron chi connectivity index (χ0n) is 13.2. The van der Waals surface area contributed by atoms with Crippen LogP contribution in [0.1, 0.15) is 11.1 Å². The van der Waals surface area contributed by atoms with Gasteiger partial charge in [-0.25, -0.2) is 0 Å². The molecule has 2 aromatic carbocycles. The van der Waals surface area contributed by atoms with Crippen molar-refractivity contribution in [1.82, 2.24) is 4.98 Å². The van der Waals surface area contributed by atoms with Crippen LogP contribution in [0.4, 0.5) is 0 Å². The molecule has 1 heterocycles. The summed E-state index contributed by atoms with van der Waals surface area (Å²) in [5.41, 5.74) is 3.11. The van der Waals surface area contributed by atoms with Gasteiger partial charge in [-0.2, -0.15) is 0 Å². The number of para-hydroxylation sites is 1. The van der Waals surface area contributed by atoms with Crippen molar-refractivity contribution >= 4 is 26.8 Å². The van der Waals surface area contributed by atoms with E-state index in [1.165, 1.54) is 0 Å². The third-order valence-corrected chi connectivity index (χ3v) is 4.07. The number of aromatic nitrogens is 1. The van der Waals surface area contributed by atoms with Crippen LogP contribution in [0.25, 0.3) is 10.9 Å². The Hall–Kier alpha value is -2.07. The molecule has 4 heteroatoms. The lowest BCUT2D eigenvalue weighted by molar-refractivity contribution is 0.217. The van der Waals surface area contributed by atoms with Crippen molar-refractivity contribution in [2.24, 2.45) is 0 Å². The van der Waals surface area contributed by atoms with E-state index in [0.29, 0.717) is 13.2 Å². The molecule has 3 rings (SSSR count). The van der Waals surface area contributed by atoms with Crippen LogP contribution < -0.4 is 9.47 Å². The predicted octanol–water partition coefficient (Wildman–Crippen LogP) is 5.07. The fourth-order valence-electron chi connectivity index (χ4n) is 2.61. The van der Waals surface area contributed by atoms with Gasteiger partial charge >= 0.3 is 0 Å². The standard InChI is InChI=1S/C19H18BrNO2/c1-13-11-16(20)12-14(2)19(13)23-10-9-22-17-7-3-5-15-6-4-8-21-18(15)17/h3-8,11-12H,9-10H2,1-2H3. The lowest BCUT2D eigenvalue weighted by Crippen LogP contribution is -2.10. The topological polar surface area (TPSA) is 31.4 Å². The fourth-order valence-corrected chi connectivity index (χ4v) is 3.30. The van der Waals surface area contributed by atoms with Crippen LogP contribution in [0.5, 0.6) is 11.5 Å². The predicted molar refractivity (Wildman–Crippen MR) is 96.3 cm³/mol. The summed E-state index contributed by atoms with van der Waals surface area (Å²) in [6, 6.07) is 14.0. The molecule has 118 valence electrons. The normalized spacial score (nSPS) is 10.7. The van der Waals surface area contributed by atoms with Crippen LogP contribution in [0.2, 0.25) is 0 Å². The highest BCUT2D eigenvalue weighted by Gasteiger charge is 2.06. The van der Waals surface area contributed by atoms with Gasteiger partial charge in [0.1, 0.15) is 30.2 Å². The molecule has 0 atom stereocenters. The third-order valence-electron chi connectivity index (χ3n) is 3.61. The van der Waals surface area contributed by atoms with Gasteiger partial charge in [-0.05, 0) is 49.2 Å². The van der Waals surface area contributed by atoms with Gasteiger partial charge in [-0.3, -0.25) is 4.98 Å². The van der Waals surface area contributed by atoms with Gasteiger partial charge in [-0.15, -0.1) is 0 Å². The summed E-state index contributed by atoms with van der Waals surface area (Å²) in [7, 11) is 0. The lowest BCUT2D eigenvalue weighted by Gasteiger charge is -2.13. The van der Waals surface area contributed by atoms with E-state index in [4.69, 9.17) is 9.47 Å². The van der Waals surface area contributed by atoms with Crippen LogP contribution in [-0.4, -0.2) is 18.2 Å². The number of aryl methyl sites for hydroxylation is 2. The van der Waals surface area contributed by atoms with E-state index in [2.05, 4.69) is 33.0 Å². The molecule has 0 amide bonds. The Labute approximate surface area is 144 Å². The van der Waals surface area contributed by atoms with Gasteiger partial charge in [0.2, 0.25) is 0 Å². The average molecular weight is 372 g/mol. The maximum absolute atomic E-state index is 5.89. The van der Waals surface area contributed by atoms with E-state index in [0.717, 1.165) is 38.0 Å². The Bertz CT molecular complexity index is 804. The summed E-state index contributed by atoms with van der Waals surface area (Å²) < 4.78 is 12.8. The van der Waals surface area contributed by atoms with E-state index in [-0.39, 0.29) is 0 Å². The number of hydrogen-bond donors (Lipinski definition) is 0. The molecule has 0 unspecified atom stereocenters. The Kier molecular flexibility index (Phi) is 4.82. The Morgan fingerprint density at radius 3 is 2.43 bits per heavy atom. The summed E-state index contributed by atoms with van der Waals surface area (Å²) in [6.45, 7) is 5.06. The molecule has 0 aliphatic heterocycles. The van der Waals surface area contributed by atoms with Crippen molar-refractivity contribution in [3.63, 3.8) is 0 Å². The highest BCUT2D eigenvalue weighted by molar-refractivity contribution is 9.10. The second-order valence-electron chi connectivity index (χ2n) is 5.40. The van der Waals surface area contributed by atoms with Crippen LogP contribution in [0.3, 0.4) is 0 Å². The van der Waals surface area contributed by atoms with Gasteiger partial charge in [0.15, 0.2) is 0 Å². The number of nitrogens with zero attached hydrogens (tertiary/aromatic N) is 1. The van der Waals surface area contributed by atoms with Crippen LogP contribution in [0.15, 0.2) is 53.1 Å². The van der Waals surface area contributed by atoms with Crippen molar-refractivity contribution in [3.05, 3.63) is 64.3 Å². The van der Waals surface area contributed by atoms with Gasteiger partial charge in [0.05, 0.1) is 0 Å². The minimum atomic E-state index is 0.477. The van der Waals surface area contributed by atoms with Crippen molar-refractivity contribution < 1.29 is 9.47 Å². The molecule has 0 radical (unpaired) electrons. The van der Waals surface area contributed by atoms with Crippen molar-refractivity contribution in [2.45, 2.75) is 13.8 Å². The van der Waals surface area contributed by atoms with Gasteiger partial charge in [-0.1, -0.05) is 34.1 Å². The van der Waals surface area contributed by atoms with Crippen LogP contribution >= 0.6 is 15.9 Å². The zero-order valence-corrected chi connectivity index (χ0v) is 14.8. The minimum absolute atomic E-state index is 0.477. The van der Waals surface area contributed by atoms with Crippen LogP contribution in [0, 0.1) is 13.8 Å². The SMILES string of the molecule is Cc1cc(Br)cc(C)c1OCCOc1cccc2cccnc12. The summed E-state index contributed by atoms with van der Waals surface area (Å²) in [5.74, 6) is 1.71. The maximum Gasteiger partial charge on any atom is 0.145 e. The van der Waals surface area contributed by atoms with E-state index < -0.39 is 0 Å². The molecule has 0 spiro atoms. The van der Waals surface area contributed by atoms with Gasteiger partial charge < -0.3 is 9.47 Å². The monoisotopic (exact) mass is 371 g/mol. The molecule has 0 fully saturated rings. The lowest BCUT2D eigenvalue weighted by atomic mass is 10.1. The van der Waals surface area contributed by atoms with Crippen LogP contribution in [-0.2, 0) is 0 Å². The first-order valence-corrected chi connectivity index (χ1v) is 8.30. The molecule has 3 aromatic rings. The second kappa shape index (κ2) is 7.01. The summed E-state index contributed by atoms with van der Waals surface area (Å²) in [5, 5.41) is 1.07. The third kappa shape index (κ3) is 3.64. The van der Waals surface area contributed by atoms with Gasteiger partial charge in [0, 0.05) is 16.1 Å². The largest absolute Gasteiger partial charge is 0.489 e. The molecule has 0 bridgehead atoms. The number of pyridine rings is 1. The van der Waals surface area contributed by atoms with Crippen molar-refractivity contribution in [2.75, 3.05) is 13.2 Å². The number of benzene rings is 2. The first kappa shape index (κ1) is 15.8. The van der Waals surface area contributed by atoms with E-state index in [9.17, 15) is 0 Å². The van der Waals surface area contributed by atoms with Gasteiger partial charge in [0.25, 0.3) is 0 Å². The molecule has 0 N–H and O–H groups in total. The average Bonchev–Trinajstić information content (AvgIpc) is 2.53. The Balaban J connectivity index is 1.64. The summed E-state index contributed by atoms with van der Waals surface area (Å²) in [4.78, 5) is 4.38. The summed E-state index contributed by atoms with van der Waals surface area (Å²) in [6.07, 6.45) is 1.78. The molecular formula is C19H18BrNO2. The number of ether oxygens (including phenoxy) is 2. The number of rotatable bonds is 5. The highest BCUT2D eigenvalue weighted by atomic mass is 79.9. The molecule has 1 aromatic heterocycles. The van der Waals surface area contributed by atoms with E-state index >= 15 is 0 Å². The molecule has 0 aliphatic carbocycles. The highest BCUT2D eigenvalue weighted by Crippen LogP contribution is 2.27. The molecule has 23 heavy (non-hydrogen) atoms. The first-order valence-electron chi connectivity index (χ1n) is 7.51. The second-order valence-corrected chi connectivity index (χ2v) is 6.31. The number of halogens is 1. The Morgan fingerprint density at radius 1 is 0.957 bits per heavy atom. The fraction of sp³-hybridized carbons (Fsp3) is 0.211. The minimum Gasteiger partial charge on any atom is -0.489 e. The maximum atomic E-state index is 5.89. The smallest absolute Gasteiger partial charge is 0.145 e. The van der Waals surface area contributed by atoms with Crippen molar-refractivity contribution in [3.8, 4) is 11.5 Å². The van der Waals surface area contributed by atoms with E-state index in [1.807, 2.05) is 44.2 Å². The molecule has 0 saturated heterocycles. The quantitative estimate of drug-likeness (QED) is 0.586. The first-order chi connectivity index (χ1) is 11.1. The van der Waals surface area contributed by atoms with Crippen molar-refractivity contribution in [1.29, 1.82) is 0 Å². The molecular weight excluding hydrogens is 354 g/mol. The number of hydrogen-bond acceptors (Lipinski definition) is 3.